The number of hydrogen-bond acceptors (Lipinski definition) is 3. The van der Waals surface area contributed by atoms with Crippen molar-refractivity contribution < 1.29 is 27.8 Å². The third kappa shape index (κ3) is 8.21. The number of hydrogen-bond donors (Lipinski definition) is 2. The van der Waals surface area contributed by atoms with Crippen molar-refractivity contribution >= 4 is 5.91 Å². The van der Waals surface area contributed by atoms with Gasteiger partial charge in [-0.3, -0.25) is 4.79 Å². The second-order valence-electron chi connectivity index (χ2n) is 10.4. The molecular formula is C33H36F3NO3. The molecule has 3 atom stereocenters. The minimum Gasteiger partial charge on any atom is -0.498 e. The molecular weight excluding hydrogens is 515 g/mol. The van der Waals surface area contributed by atoms with E-state index < -0.39 is 17.8 Å². The molecule has 0 aliphatic heterocycles. The number of carbonyl (C=O) groups excluding carboxylic acids is 1. The Morgan fingerprint density at radius 1 is 1.07 bits per heavy atom. The molecule has 0 saturated heterocycles. The van der Waals surface area contributed by atoms with Crippen LogP contribution in [0.4, 0.5) is 13.2 Å². The second-order valence-corrected chi connectivity index (χ2v) is 10.4. The summed E-state index contributed by atoms with van der Waals surface area (Å²) in [5.41, 5.74) is 3.26. The van der Waals surface area contributed by atoms with Crippen molar-refractivity contribution in [2.45, 2.75) is 51.2 Å². The summed E-state index contributed by atoms with van der Waals surface area (Å²) in [5, 5.41) is 12.3. The van der Waals surface area contributed by atoms with Crippen LogP contribution in [0.15, 0.2) is 102 Å². The average Bonchev–Trinajstić information content (AvgIpc) is 2.95. The van der Waals surface area contributed by atoms with Crippen LogP contribution in [-0.4, -0.2) is 24.2 Å². The molecule has 3 unspecified atom stereocenters. The van der Waals surface area contributed by atoms with Crippen LogP contribution >= 0.6 is 0 Å². The molecule has 0 aromatic heterocycles. The highest BCUT2D eigenvalue weighted by atomic mass is 19.4. The normalized spacial score (nSPS) is 19.8. The molecule has 0 spiro atoms. The summed E-state index contributed by atoms with van der Waals surface area (Å²) in [6.07, 6.45) is 8.62. The molecule has 0 saturated carbocycles. The van der Waals surface area contributed by atoms with E-state index in [0.29, 0.717) is 18.6 Å². The number of benzene rings is 2. The van der Waals surface area contributed by atoms with Gasteiger partial charge in [-0.05, 0) is 65.7 Å². The summed E-state index contributed by atoms with van der Waals surface area (Å²) in [6.45, 7) is 2.51. The summed E-state index contributed by atoms with van der Waals surface area (Å²) in [5.74, 6) is 0.610. The number of nitrogens with one attached hydrogen (secondary N) is 1. The highest BCUT2D eigenvalue weighted by Crippen LogP contribution is 2.36. The van der Waals surface area contributed by atoms with Crippen LogP contribution in [0.1, 0.15) is 55.3 Å². The van der Waals surface area contributed by atoms with Crippen molar-refractivity contribution in [2.24, 2.45) is 11.8 Å². The Hall–Kier alpha value is -3.58. The first-order valence-corrected chi connectivity index (χ1v) is 13.7. The highest BCUT2D eigenvalue weighted by molar-refractivity contribution is 5.76. The molecule has 0 fully saturated rings. The summed E-state index contributed by atoms with van der Waals surface area (Å²) in [4.78, 5) is 13.0. The maximum Gasteiger partial charge on any atom is 0.416 e. The Bertz CT molecular complexity index is 1260. The van der Waals surface area contributed by atoms with Crippen LogP contribution in [0.2, 0.25) is 0 Å². The SMILES string of the molecule is CC1C=C(Cc2ccccc2)C=CC1C(NC(=O)CCCOC1=CC=C(CO)CC1)c1ccc(C(F)(F)F)cc1. The van der Waals surface area contributed by atoms with E-state index in [0.717, 1.165) is 42.7 Å². The van der Waals surface area contributed by atoms with Crippen LogP contribution in [0.5, 0.6) is 0 Å². The minimum absolute atomic E-state index is 0.0446. The molecule has 40 heavy (non-hydrogen) atoms. The standard InChI is InChI=1S/C33H36F3NO3/c1-23-20-26(21-24-6-3-2-4-7-24)11-18-30(23)32(27-12-14-28(15-13-27)33(34,35)36)37-31(39)8-5-19-40-29-16-9-25(22-38)10-17-29/h2-4,6-7,9,11-16,18,20,23,30,32,38H,5,8,10,17,19,21-22H2,1H3,(H,37,39). The molecule has 1 amide bonds. The monoisotopic (exact) mass is 551 g/mol. The molecule has 7 heteroatoms. The van der Waals surface area contributed by atoms with E-state index in [-0.39, 0.29) is 30.8 Å². The van der Waals surface area contributed by atoms with Crippen molar-refractivity contribution in [3.8, 4) is 0 Å². The fraction of sp³-hybridized carbons (Fsp3) is 0.364. The summed E-state index contributed by atoms with van der Waals surface area (Å²) in [7, 11) is 0. The van der Waals surface area contributed by atoms with Gasteiger partial charge < -0.3 is 15.2 Å². The van der Waals surface area contributed by atoms with Crippen LogP contribution in [-0.2, 0) is 22.1 Å². The molecule has 0 radical (unpaired) electrons. The molecule has 0 bridgehead atoms. The van der Waals surface area contributed by atoms with Crippen molar-refractivity contribution in [1.29, 1.82) is 0 Å². The zero-order chi connectivity index (χ0) is 28.5. The maximum atomic E-state index is 13.2. The van der Waals surface area contributed by atoms with Crippen LogP contribution in [0.3, 0.4) is 0 Å². The zero-order valence-electron chi connectivity index (χ0n) is 22.7. The Labute approximate surface area is 233 Å². The van der Waals surface area contributed by atoms with E-state index in [1.54, 1.807) is 0 Å². The summed E-state index contributed by atoms with van der Waals surface area (Å²) in [6, 6.07) is 14.7. The Balaban J connectivity index is 1.41. The molecule has 4 rings (SSSR count). The lowest BCUT2D eigenvalue weighted by Gasteiger charge is -2.32. The van der Waals surface area contributed by atoms with Gasteiger partial charge in [-0.15, -0.1) is 0 Å². The first-order valence-electron chi connectivity index (χ1n) is 13.7. The van der Waals surface area contributed by atoms with Gasteiger partial charge in [-0.25, -0.2) is 0 Å². The zero-order valence-corrected chi connectivity index (χ0v) is 22.7. The molecule has 2 aliphatic carbocycles. The van der Waals surface area contributed by atoms with E-state index in [9.17, 15) is 23.1 Å². The van der Waals surface area contributed by atoms with Gasteiger partial charge in [0.15, 0.2) is 0 Å². The van der Waals surface area contributed by atoms with E-state index in [1.165, 1.54) is 23.3 Å². The Kier molecular flexibility index (Phi) is 10.0. The van der Waals surface area contributed by atoms with Crippen molar-refractivity contribution in [3.63, 3.8) is 0 Å². The third-order valence-electron chi connectivity index (χ3n) is 7.40. The lowest BCUT2D eigenvalue weighted by Crippen LogP contribution is -2.35. The molecule has 4 nitrogen and oxygen atoms in total. The lowest BCUT2D eigenvalue weighted by molar-refractivity contribution is -0.137. The van der Waals surface area contributed by atoms with Crippen molar-refractivity contribution in [3.05, 3.63) is 119 Å². The molecule has 2 aliphatic rings. The number of halogens is 3. The first-order chi connectivity index (χ1) is 19.2. The number of ether oxygens (including phenoxy) is 1. The van der Waals surface area contributed by atoms with Gasteiger partial charge >= 0.3 is 6.18 Å². The number of amides is 1. The molecule has 2 N–H and O–H groups in total. The maximum absolute atomic E-state index is 13.2. The predicted octanol–water partition coefficient (Wildman–Crippen LogP) is 7.25. The van der Waals surface area contributed by atoms with E-state index >= 15 is 0 Å². The number of carbonyl (C=O) groups is 1. The number of aliphatic hydroxyl groups is 1. The highest BCUT2D eigenvalue weighted by Gasteiger charge is 2.32. The fourth-order valence-corrected chi connectivity index (χ4v) is 5.15. The number of rotatable bonds is 11. The number of aliphatic hydroxyl groups excluding tert-OH is 1. The number of alkyl halides is 3. The van der Waals surface area contributed by atoms with Gasteiger partial charge in [-0.1, -0.05) is 73.7 Å². The van der Waals surface area contributed by atoms with E-state index in [4.69, 9.17) is 4.74 Å². The predicted molar refractivity (Wildman–Crippen MR) is 150 cm³/mol. The summed E-state index contributed by atoms with van der Waals surface area (Å²) < 4.78 is 45.4. The van der Waals surface area contributed by atoms with Gasteiger partial charge in [0, 0.05) is 18.8 Å². The molecule has 2 aromatic rings. The largest absolute Gasteiger partial charge is 0.498 e. The van der Waals surface area contributed by atoms with E-state index in [2.05, 4.69) is 42.6 Å². The topological polar surface area (TPSA) is 58.6 Å². The van der Waals surface area contributed by atoms with Crippen LogP contribution in [0, 0.1) is 11.8 Å². The van der Waals surface area contributed by atoms with Gasteiger partial charge in [0.25, 0.3) is 0 Å². The second kappa shape index (κ2) is 13.7. The van der Waals surface area contributed by atoms with Gasteiger partial charge in [-0.2, -0.15) is 13.2 Å². The quantitative estimate of drug-likeness (QED) is 0.289. The van der Waals surface area contributed by atoms with Gasteiger partial charge in [0.05, 0.1) is 30.6 Å². The fourth-order valence-electron chi connectivity index (χ4n) is 5.15. The summed E-state index contributed by atoms with van der Waals surface area (Å²) >= 11 is 0. The Morgan fingerprint density at radius 3 is 2.45 bits per heavy atom. The lowest BCUT2D eigenvalue weighted by atomic mass is 9.78. The van der Waals surface area contributed by atoms with Crippen LogP contribution in [0.25, 0.3) is 0 Å². The molecule has 0 heterocycles. The van der Waals surface area contributed by atoms with Gasteiger partial charge in [0.1, 0.15) is 0 Å². The number of allylic oxidation sites excluding steroid dienone is 6. The molecule has 212 valence electrons. The minimum atomic E-state index is -4.42. The Morgan fingerprint density at radius 2 is 1.82 bits per heavy atom. The molecule has 2 aromatic carbocycles. The average molecular weight is 552 g/mol. The van der Waals surface area contributed by atoms with Crippen molar-refractivity contribution in [2.75, 3.05) is 13.2 Å². The third-order valence-corrected chi connectivity index (χ3v) is 7.40. The van der Waals surface area contributed by atoms with E-state index in [1.807, 2.05) is 30.4 Å². The smallest absolute Gasteiger partial charge is 0.416 e. The first kappa shape index (κ1) is 29.4. The van der Waals surface area contributed by atoms with Gasteiger partial charge in [0.2, 0.25) is 5.91 Å². The van der Waals surface area contributed by atoms with Crippen molar-refractivity contribution in [1.82, 2.24) is 5.32 Å². The van der Waals surface area contributed by atoms with Crippen LogP contribution < -0.4 is 5.32 Å².